The van der Waals surface area contributed by atoms with Gasteiger partial charge in [0.25, 0.3) is 0 Å². The van der Waals surface area contributed by atoms with Crippen LogP contribution in [0.3, 0.4) is 0 Å². The molecule has 20 valence electrons. The summed E-state index contributed by atoms with van der Waals surface area (Å²) in [7, 11) is 4.25. The summed E-state index contributed by atoms with van der Waals surface area (Å²) < 4.78 is 8.33. The molecule has 0 saturated carbocycles. The fourth-order valence-corrected chi connectivity index (χ4v) is 0. The minimum atomic E-state index is 0.333. The van der Waals surface area contributed by atoms with Crippen LogP contribution in [0.1, 0.15) is 0 Å². The van der Waals surface area contributed by atoms with Crippen LogP contribution in [0.15, 0.2) is 0 Å². The second-order valence-corrected chi connectivity index (χ2v) is 0. The summed E-state index contributed by atoms with van der Waals surface area (Å²) in [4.78, 5) is 0. The van der Waals surface area contributed by atoms with Crippen LogP contribution in [0.2, 0.25) is 0 Å². The van der Waals surface area contributed by atoms with E-state index in [2.05, 4.69) is 8.65 Å². The van der Waals surface area contributed by atoms with E-state index >= 15 is 0 Å². The van der Waals surface area contributed by atoms with Gasteiger partial charge >= 0.3 is 55.5 Å². The van der Waals surface area contributed by atoms with Crippen LogP contribution in [-0.4, -0.2) is 0 Å². The zero-order chi connectivity index (χ0) is 4.00. The molecule has 0 radical (unpaired) electrons. The molecule has 0 aromatic rings. The Hall–Kier alpha value is 1.63. The van der Waals surface area contributed by atoms with Gasteiger partial charge in [-0.1, -0.05) is 0 Å². The summed E-state index contributed by atoms with van der Waals surface area (Å²) in [6.45, 7) is 0. The van der Waals surface area contributed by atoms with E-state index in [9.17, 15) is 0 Å². The number of hydrogen-bond acceptors (Lipinski definition) is 2. The maximum atomic E-state index is 8.33. The van der Waals surface area contributed by atoms with Gasteiger partial charge in [0.15, 0.2) is 0 Å². The Labute approximate surface area is 54.9 Å². The van der Waals surface area contributed by atoms with Crippen molar-refractivity contribution in [3.63, 3.8) is 0 Å². The zero-order valence-corrected chi connectivity index (χ0v) is 9.72. The number of hydrogen-bond donors (Lipinski definition) is 0. The van der Waals surface area contributed by atoms with Gasteiger partial charge in [0.2, 0.25) is 0 Å². The van der Waals surface area contributed by atoms with Crippen molar-refractivity contribution >= 4 is 8.65 Å². The van der Waals surface area contributed by atoms with E-state index in [0.717, 1.165) is 23.7 Å². The molecule has 0 aliphatic rings. The summed E-state index contributed by atoms with van der Waals surface area (Å²) in [5, 5.41) is 0. The van der Waals surface area contributed by atoms with E-state index < -0.39 is 0 Å². The van der Waals surface area contributed by atoms with Crippen molar-refractivity contribution in [3.8, 4) is 0 Å². The molecule has 0 fully saturated rings. The predicted molar refractivity (Wildman–Crippen MR) is 8.28 cm³/mol. The molecule has 0 unspecified atom stereocenters. The van der Waals surface area contributed by atoms with Crippen molar-refractivity contribution in [2.24, 2.45) is 0 Å². The second kappa shape index (κ2) is 23.0. The van der Waals surface area contributed by atoms with Crippen molar-refractivity contribution in [1.82, 2.24) is 0 Å². The molecule has 0 N–H and O–H groups in total. The average Bonchev–Trinajstić information content (AvgIpc) is 1.50. The summed E-state index contributed by atoms with van der Waals surface area (Å²) in [6.07, 6.45) is 0. The van der Waals surface area contributed by atoms with Crippen molar-refractivity contribution < 1.29 is 46.9 Å². The molecule has 0 rings (SSSR count). The van der Waals surface area contributed by atoms with Crippen LogP contribution >= 0.6 is 8.65 Å². The van der Waals surface area contributed by atoms with E-state index in [-0.39, 0.29) is 0 Å². The third-order valence-corrected chi connectivity index (χ3v) is 0. The van der Waals surface area contributed by atoms with Crippen LogP contribution in [0.25, 0.3) is 0 Å². The molecule has 4 heavy (non-hydrogen) atoms. The molecule has 1 nitrogen and oxygen atoms in total. The summed E-state index contributed by atoms with van der Waals surface area (Å²) in [6, 6.07) is 0. The molecule has 0 aliphatic carbocycles. The molecule has 0 atom stereocenters. The van der Waals surface area contributed by atoms with E-state index in [1.807, 2.05) is 0 Å². The molecule has 0 aromatic carbocycles. The van der Waals surface area contributed by atoms with Crippen molar-refractivity contribution in [2.75, 3.05) is 0 Å². The molecular formula is CdOSW. The third kappa shape index (κ3) is 9.45. The fourth-order valence-electron chi connectivity index (χ4n) is 0. The van der Waals surface area contributed by atoms with Gasteiger partial charge in [-0.15, -0.1) is 0 Å². The molecule has 0 amide bonds. The van der Waals surface area contributed by atoms with Gasteiger partial charge in [0, 0.05) is 0 Å². The molecule has 0 heterocycles. The summed E-state index contributed by atoms with van der Waals surface area (Å²) in [5.41, 5.74) is 0. The van der Waals surface area contributed by atoms with Gasteiger partial charge in [-0.25, -0.2) is 0 Å². The first-order valence-corrected chi connectivity index (χ1v) is 7.17. The second-order valence-electron chi connectivity index (χ2n) is 0. The Morgan fingerprint density at radius 2 is 1.50 bits per heavy atom. The minimum absolute atomic E-state index is 0.333. The Balaban J connectivity index is 0. The van der Waals surface area contributed by atoms with Gasteiger partial charge in [0.05, 0.1) is 0 Å². The van der Waals surface area contributed by atoms with Gasteiger partial charge in [-0.3, -0.25) is 0 Å². The monoisotopic (exact) mass is 346 g/mol. The standard InChI is InChI=1S/Cd.O.S.W. The Morgan fingerprint density at radius 3 is 1.50 bits per heavy atom. The van der Waals surface area contributed by atoms with Crippen LogP contribution < -0.4 is 0 Å². The third-order valence-electron chi connectivity index (χ3n) is 0. The van der Waals surface area contributed by atoms with E-state index in [1.54, 1.807) is 0 Å². The van der Waals surface area contributed by atoms with E-state index in [4.69, 9.17) is 3.40 Å². The normalized spacial score (nSPS) is 2.50. The van der Waals surface area contributed by atoms with Crippen LogP contribution in [0.5, 0.6) is 0 Å². The van der Waals surface area contributed by atoms with Crippen LogP contribution in [-0.2, 0) is 46.9 Å². The van der Waals surface area contributed by atoms with Crippen molar-refractivity contribution in [3.05, 3.63) is 0 Å². The van der Waals surface area contributed by atoms with E-state index in [0.29, 0.717) is 19.8 Å². The van der Waals surface area contributed by atoms with Gasteiger partial charge in [-0.2, -0.15) is 0 Å². The van der Waals surface area contributed by atoms with E-state index in [1.165, 1.54) is 0 Å². The first kappa shape index (κ1) is 9.16. The Bertz CT molecular complexity index is 10.0. The zero-order valence-electron chi connectivity index (χ0n) is 1.93. The fraction of sp³-hybridized carbons (Fsp3) is 0. The molecule has 4 heteroatoms. The molecule has 0 spiro atoms. The van der Waals surface area contributed by atoms with Gasteiger partial charge in [-0.05, 0) is 0 Å². The van der Waals surface area contributed by atoms with Crippen LogP contribution in [0.4, 0.5) is 0 Å². The Kier molecular flexibility index (Phi) is 52.6. The van der Waals surface area contributed by atoms with Gasteiger partial charge in [0.1, 0.15) is 0 Å². The first-order valence-electron chi connectivity index (χ1n) is 0.455. The summed E-state index contributed by atoms with van der Waals surface area (Å²) in [5.74, 6) is 0. The molecule has 0 saturated heterocycles. The predicted octanol–water partition coefficient (Wildman–Crippen LogP) is 0.524. The Morgan fingerprint density at radius 1 is 1.50 bits per heavy atom. The van der Waals surface area contributed by atoms with Crippen molar-refractivity contribution in [2.45, 2.75) is 0 Å². The summed E-state index contributed by atoms with van der Waals surface area (Å²) >= 11 is 1.07. The van der Waals surface area contributed by atoms with Crippen molar-refractivity contribution in [1.29, 1.82) is 0 Å². The SMILES string of the molecule is [O]=[W].[S]=[Cd]. The first-order chi connectivity index (χ1) is 2.00. The quantitative estimate of drug-likeness (QED) is 0.596. The maximum absolute atomic E-state index is 8.33. The average molecular weight is 344 g/mol. The molecule has 0 bridgehead atoms. The number of rotatable bonds is 0. The molecule has 0 aliphatic heterocycles. The topological polar surface area (TPSA) is 17.1 Å². The molecule has 0 aromatic heterocycles. The van der Waals surface area contributed by atoms with Crippen LogP contribution in [0, 0.1) is 0 Å². The van der Waals surface area contributed by atoms with Gasteiger partial charge < -0.3 is 0 Å². The molecular weight excluding hydrogens is 344 g/mol.